The van der Waals surface area contributed by atoms with Gasteiger partial charge in [0, 0.05) is 18.7 Å². The molecule has 3 aromatic rings. The van der Waals surface area contributed by atoms with Crippen LogP contribution >= 0.6 is 0 Å². The lowest BCUT2D eigenvalue weighted by Gasteiger charge is -2.31. The van der Waals surface area contributed by atoms with Crippen molar-refractivity contribution in [3.8, 4) is 5.75 Å². The molecular formula is C34H42N6O6. The van der Waals surface area contributed by atoms with Gasteiger partial charge in [-0.3, -0.25) is 24.0 Å². The van der Waals surface area contributed by atoms with Crippen LogP contribution in [-0.2, 0) is 36.8 Å². The zero-order valence-corrected chi connectivity index (χ0v) is 26.1. The maximum atomic E-state index is 13.5. The van der Waals surface area contributed by atoms with E-state index in [1.54, 1.807) is 36.4 Å². The average Bonchev–Trinajstić information content (AvgIpc) is 3.05. The molecule has 0 aliphatic heterocycles. The Balaban J connectivity index is 1.61. The van der Waals surface area contributed by atoms with Crippen LogP contribution in [0, 0.1) is 0 Å². The Morgan fingerprint density at radius 3 is 1.98 bits per heavy atom. The van der Waals surface area contributed by atoms with E-state index in [0.29, 0.717) is 12.1 Å². The van der Waals surface area contributed by atoms with E-state index >= 15 is 0 Å². The first kappa shape index (κ1) is 35.3. The SMILES string of the molecule is CCCN(C(=O)CNC(=O)[C@@H](C)NC(=O)[C@@H](N)Cc1ccc(O)cc1)[C@@H](Cc1ccccc1)C(=O)NCC(=O)Nc1ccccc1. The second-order valence-corrected chi connectivity index (χ2v) is 10.8. The van der Waals surface area contributed by atoms with Gasteiger partial charge in [-0.1, -0.05) is 67.6 Å². The van der Waals surface area contributed by atoms with Gasteiger partial charge in [0.15, 0.2) is 0 Å². The Hall–Kier alpha value is -5.23. The second-order valence-electron chi connectivity index (χ2n) is 10.8. The summed E-state index contributed by atoms with van der Waals surface area (Å²) in [6.45, 7) is 2.86. The third kappa shape index (κ3) is 11.4. The van der Waals surface area contributed by atoms with Crippen molar-refractivity contribution in [1.29, 1.82) is 0 Å². The molecule has 3 rings (SSSR count). The topological polar surface area (TPSA) is 183 Å². The number of benzene rings is 3. The number of carbonyl (C=O) groups excluding carboxylic acids is 5. The summed E-state index contributed by atoms with van der Waals surface area (Å²) < 4.78 is 0. The summed E-state index contributed by atoms with van der Waals surface area (Å²) >= 11 is 0. The largest absolute Gasteiger partial charge is 0.508 e. The first-order valence-corrected chi connectivity index (χ1v) is 15.1. The maximum absolute atomic E-state index is 13.5. The summed E-state index contributed by atoms with van der Waals surface area (Å²) in [6, 6.07) is 21.4. The molecule has 7 N–H and O–H groups in total. The second kappa shape index (κ2) is 17.9. The van der Waals surface area contributed by atoms with Crippen LogP contribution in [0.3, 0.4) is 0 Å². The maximum Gasteiger partial charge on any atom is 0.243 e. The van der Waals surface area contributed by atoms with Crippen molar-refractivity contribution in [3.63, 3.8) is 0 Å². The van der Waals surface area contributed by atoms with Gasteiger partial charge in [-0.2, -0.15) is 0 Å². The van der Waals surface area contributed by atoms with Crippen molar-refractivity contribution in [3.05, 3.63) is 96.1 Å². The quantitative estimate of drug-likeness (QED) is 0.139. The standard InChI is InChI=1S/C34H42N6O6/c1-3-18-40(31(43)22-37-32(44)23(2)38-33(45)28(35)19-25-14-16-27(41)17-15-25)29(20-24-10-6-4-7-11-24)34(46)36-21-30(42)39-26-12-8-5-9-13-26/h4-17,23,28-29,41H,3,18-22,35H2,1-2H3,(H,36,46)(H,37,44)(H,38,45)(H,39,42)/t23-,28+,29+/m1/s1. The number of amides is 5. The molecule has 0 saturated heterocycles. The van der Waals surface area contributed by atoms with Crippen LogP contribution in [-0.4, -0.2) is 77.3 Å². The molecule has 12 heteroatoms. The van der Waals surface area contributed by atoms with Crippen LogP contribution in [0.2, 0.25) is 0 Å². The van der Waals surface area contributed by atoms with Gasteiger partial charge < -0.3 is 37.0 Å². The fourth-order valence-electron chi connectivity index (χ4n) is 4.67. The van der Waals surface area contributed by atoms with Crippen molar-refractivity contribution in [1.82, 2.24) is 20.9 Å². The molecule has 0 aromatic heterocycles. The predicted octanol–water partition coefficient (Wildman–Crippen LogP) is 1.49. The fourth-order valence-corrected chi connectivity index (χ4v) is 4.67. The van der Waals surface area contributed by atoms with Gasteiger partial charge in [-0.25, -0.2) is 0 Å². The molecule has 0 aliphatic carbocycles. The lowest BCUT2D eigenvalue weighted by molar-refractivity contribution is -0.141. The minimum atomic E-state index is -0.989. The molecule has 3 aromatic carbocycles. The van der Waals surface area contributed by atoms with Gasteiger partial charge >= 0.3 is 0 Å². The van der Waals surface area contributed by atoms with Crippen LogP contribution in [0.4, 0.5) is 5.69 Å². The number of phenolic OH excluding ortho intramolecular Hbond substituents is 1. The van der Waals surface area contributed by atoms with Crippen LogP contribution in [0.15, 0.2) is 84.9 Å². The molecule has 0 bridgehead atoms. The molecule has 0 aliphatic rings. The average molecular weight is 631 g/mol. The number of nitrogens with two attached hydrogens (primary N) is 1. The van der Waals surface area contributed by atoms with Gasteiger partial charge in [0.1, 0.15) is 17.8 Å². The van der Waals surface area contributed by atoms with E-state index in [4.69, 9.17) is 5.73 Å². The van der Waals surface area contributed by atoms with Crippen LogP contribution in [0.5, 0.6) is 5.75 Å². The predicted molar refractivity (Wildman–Crippen MR) is 174 cm³/mol. The van der Waals surface area contributed by atoms with Gasteiger partial charge in [-0.05, 0) is 55.2 Å². The summed E-state index contributed by atoms with van der Waals surface area (Å²) in [5.41, 5.74) is 8.15. The summed E-state index contributed by atoms with van der Waals surface area (Å²) in [6.07, 6.45) is 0.930. The van der Waals surface area contributed by atoms with Crippen molar-refractivity contribution >= 4 is 35.2 Å². The Morgan fingerprint density at radius 1 is 0.761 bits per heavy atom. The van der Waals surface area contributed by atoms with Gasteiger partial charge in [-0.15, -0.1) is 0 Å². The number of nitrogens with one attached hydrogen (secondary N) is 4. The summed E-state index contributed by atoms with van der Waals surface area (Å²) in [4.78, 5) is 66.2. The van der Waals surface area contributed by atoms with Crippen LogP contribution < -0.4 is 27.0 Å². The molecule has 0 saturated carbocycles. The van der Waals surface area contributed by atoms with Crippen molar-refractivity contribution in [2.45, 2.75) is 51.2 Å². The number of aromatic hydroxyl groups is 1. The molecule has 46 heavy (non-hydrogen) atoms. The first-order valence-electron chi connectivity index (χ1n) is 15.1. The number of phenols is 1. The zero-order chi connectivity index (χ0) is 33.5. The first-order chi connectivity index (χ1) is 22.1. The molecular weight excluding hydrogens is 588 g/mol. The highest BCUT2D eigenvalue weighted by Gasteiger charge is 2.30. The molecule has 0 fully saturated rings. The minimum absolute atomic E-state index is 0.0948. The smallest absolute Gasteiger partial charge is 0.243 e. The monoisotopic (exact) mass is 630 g/mol. The number of hydrogen-bond donors (Lipinski definition) is 6. The Bertz CT molecular complexity index is 1450. The number of rotatable bonds is 16. The minimum Gasteiger partial charge on any atom is -0.508 e. The zero-order valence-electron chi connectivity index (χ0n) is 26.1. The molecule has 0 spiro atoms. The molecule has 5 amide bonds. The Labute approximate surface area is 268 Å². The van der Waals surface area contributed by atoms with Crippen molar-refractivity contribution < 1.29 is 29.1 Å². The van der Waals surface area contributed by atoms with Crippen molar-refractivity contribution in [2.24, 2.45) is 5.73 Å². The number of nitrogens with zero attached hydrogens (tertiary/aromatic N) is 1. The molecule has 0 heterocycles. The highest BCUT2D eigenvalue weighted by molar-refractivity contribution is 5.97. The Morgan fingerprint density at radius 2 is 1.35 bits per heavy atom. The molecule has 3 atom stereocenters. The van der Waals surface area contributed by atoms with Gasteiger partial charge in [0.25, 0.3) is 0 Å². The van der Waals surface area contributed by atoms with E-state index in [-0.39, 0.29) is 31.7 Å². The normalized spacial score (nSPS) is 12.6. The number of para-hydroxylation sites is 1. The molecule has 0 radical (unpaired) electrons. The third-order valence-corrected chi connectivity index (χ3v) is 7.11. The summed E-state index contributed by atoms with van der Waals surface area (Å²) in [5.74, 6) is -2.48. The number of hydrogen-bond acceptors (Lipinski definition) is 7. The van der Waals surface area contributed by atoms with Crippen LogP contribution in [0.25, 0.3) is 0 Å². The van der Waals surface area contributed by atoms with E-state index in [0.717, 1.165) is 11.1 Å². The van der Waals surface area contributed by atoms with Crippen LogP contribution in [0.1, 0.15) is 31.4 Å². The van der Waals surface area contributed by atoms with Crippen molar-refractivity contribution in [2.75, 3.05) is 25.0 Å². The van der Waals surface area contributed by atoms with E-state index in [1.165, 1.54) is 24.0 Å². The molecule has 12 nitrogen and oxygen atoms in total. The Kier molecular flexibility index (Phi) is 13.7. The van der Waals surface area contributed by atoms with Gasteiger partial charge in [0.2, 0.25) is 29.5 Å². The molecule has 0 unspecified atom stereocenters. The molecule has 244 valence electrons. The lowest BCUT2D eigenvalue weighted by Crippen LogP contribution is -2.55. The third-order valence-electron chi connectivity index (χ3n) is 7.11. The summed E-state index contributed by atoms with van der Waals surface area (Å²) in [7, 11) is 0. The van der Waals surface area contributed by atoms with Gasteiger partial charge in [0.05, 0.1) is 19.1 Å². The van der Waals surface area contributed by atoms with E-state index in [1.807, 2.05) is 43.3 Å². The fraction of sp³-hybridized carbons (Fsp3) is 0.324. The number of anilines is 1. The van der Waals surface area contributed by atoms with E-state index in [2.05, 4.69) is 21.3 Å². The van der Waals surface area contributed by atoms with E-state index < -0.39 is 54.2 Å². The highest BCUT2D eigenvalue weighted by Crippen LogP contribution is 2.13. The number of carbonyl (C=O) groups is 5. The highest BCUT2D eigenvalue weighted by atomic mass is 16.3. The van der Waals surface area contributed by atoms with E-state index in [9.17, 15) is 29.1 Å². The summed E-state index contributed by atoms with van der Waals surface area (Å²) in [5, 5.41) is 19.9. The lowest BCUT2D eigenvalue weighted by atomic mass is 10.0.